The Morgan fingerprint density at radius 2 is 2.60 bits per heavy atom. The van der Waals surface area contributed by atoms with E-state index in [1.165, 1.54) is 6.33 Å². The Morgan fingerprint density at radius 3 is 3.20 bits per heavy atom. The van der Waals surface area contributed by atoms with Gasteiger partial charge in [0.05, 0.1) is 6.61 Å². The van der Waals surface area contributed by atoms with E-state index in [2.05, 4.69) is 10.2 Å². The lowest BCUT2D eigenvalue weighted by atomic mass is 10.1. The van der Waals surface area contributed by atoms with Crippen molar-refractivity contribution in [3.8, 4) is 0 Å². The average molecular weight is 211 g/mol. The molecule has 1 aliphatic rings. The molecule has 82 valence electrons. The SMILES string of the molecule is CC(C(=O)O)n1cnnc1C1CCOC1. The Morgan fingerprint density at radius 1 is 1.80 bits per heavy atom. The lowest BCUT2D eigenvalue weighted by molar-refractivity contribution is -0.140. The minimum absolute atomic E-state index is 0.175. The van der Waals surface area contributed by atoms with Crippen LogP contribution in [-0.4, -0.2) is 39.1 Å². The topological polar surface area (TPSA) is 77.2 Å². The van der Waals surface area contributed by atoms with E-state index < -0.39 is 12.0 Å². The summed E-state index contributed by atoms with van der Waals surface area (Å²) in [6.45, 7) is 2.93. The smallest absolute Gasteiger partial charge is 0.326 e. The molecule has 0 bridgehead atoms. The molecule has 1 aromatic heterocycles. The van der Waals surface area contributed by atoms with Gasteiger partial charge in [-0.3, -0.25) is 0 Å². The average Bonchev–Trinajstić information content (AvgIpc) is 2.86. The first-order chi connectivity index (χ1) is 7.20. The maximum atomic E-state index is 10.9. The van der Waals surface area contributed by atoms with Gasteiger partial charge in [-0.15, -0.1) is 10.2 Å². The monoisotopic (exact) mass is 211 g/mol. The van der Waals surface area contributed by atoms with Crippen LogP contribution in [0.4, 0.5) is 0 Å². The number of aliphatic carboxylic acids is 1. The van der Waals surface area contributed by atoms with Gasteiger partial charge in [0.15, 0.2) is 0 Å². The van der Waals surface area contributed by atoms with Crippen molar-refractivity contribution in [1.82, 2.24) is 14.8 Å². The van der Waals surface area contributed by atoms with Crippen molar-refractivity contribution in [3.05, 3.63) is 12.2 Å². The molecule has 15 heavy (non-hydrogen) atoms. The first kappa shape index (κ1) is 10.1. The van der Waals surface area contributed by atoms with Crippen molar-refractivity contribution in [2.24, 2.45) is 0 Å². The predicted octanol–water partition coefficient (Wildman–Crippen LogP) is 0.428. The molecule has 2 heterocycles. The maximum absolute atomic E-state index is 10.9. The van der Waals surface area contributed by atoms with Gasteiger partial charge in [0, 0.05) is 12.5 Å². The van der Waals surface area contributed by atoms with Crippen molar-refractivity contribution in [1.29, 1.82) is 0 Å². The van der Waals surface area contributed by atoms with Crippen LogP contribution in [-0.2, 0) is 9.53 Å². The van der Waals surface area contributed by atoms with Gasteiger partial charge in [-0.05, 0) is 13.3 Å². The molecule has 0 radical (unpaired) electrons. The summed E-state index contributed by atoms with van der Waals surface area (Å²) >= 11 is 0. The molecule has 2 atom stereocenters. The first-order valence-electron chi connectivity index (χ1n) is 4.90. The molecule has 1 aliphatic heterocycles. The molecule has 0 aliphatic carbocycles. The van der Waals surface area contributed by atoms with Crippen molar-refractivity contribution in [2.75, 3.05) is 13.2 Å². The largest absolute Gasteiger partial charge is 0.480 e. The van der Waals surface area contributed by atoms with Crippen LogP contribution < -0.4 is 0 Å². The second-order valence-electron chi connectivity index (χ2n) is 3.67. The Hall–Kier alpha value is -1.43. The third kappa shape index (κ3) is 1.85. The Kier molecular flexibility index (Phi) is 2.68. The molecule has 6 nitrogen and oxygen atoms in total. The summed E-state index contributed by atoms with van der Waals surface area (Å²) < 4.78 is 6.85. The van der Waals surface area contributed by atoms with Gasteiger partial charge in [-0.25, -0.2) is 4.79 Å². The molecule has 1 fully saturated rings. The van der Waals surface area contributed by atoms with Crippen molar-refractivity contribution >= 4 is 5.97 Å². The Balaban J connectivity index is 2.24. The minimum atomic E-state index is -0.880. The van der Waals surface area contributed by atoms with Crippen molar-refractivity contribution in [3.63, 3.8) is 0 Å². The number of carboxylic acid groups (broad SMARTS) is 1. The molecule has 1 aromatic rings. The Labute approximate surface area is 86.9 Å². The van der Waals surface area contributed by atoms with E-state index in [-0.39, 0.29) is 5.92 Å². The predicted molar refractivity (Wildman–Crippen MR) is 50.5 cm³/mol. The molecule has 2 unspecified atom stereocenters. The van der Waals surface area contributed by atoms with E-state index >= 15 is 0 Å². The zero-order valence-corrected chi connectivity index (χ0v) is 8.46. The van der Waals surface area contributed by atoms with E-state index in [4.69, 9.17) is 9.84 Å². The minimum Gasteiger partial charge on any atom is -0.480 e. The van der Waals surface area contributed by atoms with Crippen molar-refractivity contribution in [2.45, 2.75) is 25.3 Å². The highest BCUT2D eigenvalue weighted by atomic mass is 16.5. The standard InChI is InChI=1S/C9H13N3O3/c1-6(9(13)14)12-5-10-11-8(12)7-2-3-15-4-7/h5-7H,2-4H2,1H3,(H,13,14). The van der Waals surface area contributed by atoms with Crippen LogP contribution in [0.15, 0.2) is 6.33 Å². The van der Waals surface area contributed by atoms with E-state index in [9.17, 15) is 4.79 Å². The highest BCUT2D eigenvalue weighted by Crippen LogP contribution is 2.25. The van der Waals surface area contributed by atoms with Crippen LogP contribution in [0.5, 0.6) is 0 Å². The number of rotatable bonds is 3. The van der Waals surface area contributed by atoms with E-state index in [0.29, 0.717) is 19.0 Å². The van der Waals surface area contributed by atoms with Crippen LogP contribution in [0.2, 0.25) is 0 Å². The molecular weight excluding hydrogens is 198 g/mol. The lowest BCUT2D eigenvalue weighted by Gasteiger charge is -2.13. The molecule has 1 N–H and O–H groups in total. The molecule has 2 rings (SSSR count). The van der Waals surface area contributed by atoms with Gasteiger partial charge in [0.25, 0.3) is 0 Å². The summed E-state index contributed by atoms with van der Waals surface area (Å²) in [6.07, 6.45) is 2.34. The maximum Gasteiger partial charge on any atom is 0.326 e. The second-order valence-corrected chi connectivity index (χ2v) is 3.67. The summed E-state index contributed by atoms with van der Waals surface area (Å²) in [7, 11) is 0. The van der Waals surface area contributed by atoms with Crippen LogP contribution >= 0.6 is 0 Å². The number of carbonyl (C=O) groups is 1. The zero-order valence-electron chi connectivity index (χ0n) is 8.46. The highest BCUT2D eigenvalue weighted by Gasteiger charge is 2.26. The van der Waals surface area contributed by atoms with E-state index in [1.54, 1.807) is 11.5 Å². The van der Waals surface area contributed by atoms with Crippen LogP contribution in [0.25, 0.3) is 0 Å². The summed E-state index contributed by atoms with van der Waals surface area (Å²) in [6, 6.07) is -0.629. The number of carboxylic acids is 1. The molecule has 0 saturated carbocycles. The Bertz CT molecular complexity index is 357. The fraction of sp³-hybridized carbons (Fsp3) is 0.667. The van der Waals surface area contributed by atoms with Gasteiger partial charge in [-0.2, -0.15) is 0 Å². The number of ether oxygens (including phenoxy) is 1. The summed E-state index contributed by atoms with van der Waals surface area (Å²) in [5.74, 6) is 0.00617. The summed E-state index contributed by atoms with van der Waals surface area (Å²) in [4.78, 5) is 10.9. The van der Waals surface area contributed by atoms with Gasteiger partial charge in [-0.1, -0.05) is 0 Å². The van der Waals surface area contributed by atoms with Gasteiger partial charge in [0.2, 0.25) is 0 Å². The number of hydrogen-bond acceptors (Lipinski definition) is 4. The van der Waals surface area contributed by atoms with E-state index in [0.717, 1.165) is 6.42 Å². The van der Waals surface area contributed by atoms with Crippen LogP contribution in [0.1, 0.15) is 31.1 Å². The molecular formula is C9H13N3O3. The zero-order chi connectivity index (χ0) is 10.8. The number of hydrogen-bond donors (Lipinski definition) is 1. The van der Waals surface area contributed by atoms with Gasteiger partial charge in [0.1, 0.15) is 18.2 Å². The second kappa shape index (κ2) is 3.98. The fourth-order valence-electron chi connectivity index (χ4n) is 1.70. The van der Waals surface area contributed by atoms with Gasteiger partial charge < -0.3 is 14.4 Å². The normalized spacial score (nSPS) is 22.9. The molecule has 0 amide bonds. The molecule has 1 saturated heterocycles. The van der Waals surface area contributed by atoms with Crippen LogP contribution in [0.3, 0.4) is 0 Å². The number of nitrogens with zero attached hydrogens (tertiary/aromatic N) is 3. The number of aromatic nitrogens is 3. The molecule has 0 spiro atoms. The van der Waals surface area contributed by atoms with Crippen molar-refractivity contribution < 1.29 is 14.6 Å². The molecule has 6 heteroatoms. The summed E-state index contributed by atoms with van der Waals surface area (Å²) in [5.41, 5.74) is 0. The molecule has 0 aromatic carbocycles. The third-order valence-corrected chi connectivity index (χ3v) is 2.67. The van der Waals surface area contributed by atoms with Gasteiger partial charge >= 0.3 is 5.97 Å². The lowest BCUT2D eigenvalue weighted by Crippen LogP contribution is -2.19. The van der Waals surface area contributed by atoms with E-state index in [1.807, 2.05) is 0 Å². The third-order valence-electron chi connectivity index (χ3n) is 2.67. The first-order valence-corrected chi connectivity index (χ1v) is 4.90. The quantitative estimate of drug-likeness (QED) is 0.784. The van der Waals surface area contributed by atoms with Crippen LogP contribution in [0, 0.1) is 0 Å². The fourth-order valence-corrected chi connectivity index (χ4v) is 1.70. The summed E-state index contributed by atoms with van der Waals surface area (Å²) in [5, 5.41) is 16.6. The highest BCUT2D eigenvalue weighted by molar-refractivity contribution is 5.71.